The average Bonchev–Trinajstić information content (AvgIpc) is 3.09. The third-order valence-corrected chi connectivity index (χ3v) is 3.28. The SMILES string of the molecule is O=C(O)[C@H](CO)Nc1nc(-c2cccc(Oc3ccccc3)c2)no1. The number of carboxylic acid groups (broad SMARTS) is 1. The minimum absolute atomic E-state index is 0.0918. The van der Waals surface area contributed by atoms with Gasteiger partial charge >= 0.3 is 12.0 Å². The minimum atomic E-state index is -1.22. The molecule has 2 aromatic carbocycles. The van der Waals surface area contributed by atoms with Crippen LogP contribution in [0.15, 0.2) is 59.1 Å². The maximum absolute atomic E-state index is 10.9. The van der Waals surface area contributed by atoms with E-state index in [0.717, 1.165) is 0 Å². The second-order valence-corrected chi connectivity index (χ2v) is 5.08. The highest BCUT2D eigenvalue weighted by Gasteiger charge is 2.19. The molecule has 3 aromatic rings. The molecule has 0 aliphatic heterocycles. The molecule has 3 rings (SSSR count). The van der Waals surface area contributed by atoms with Crippen molar-refractivity contribution in [2.45, 2.75) is 6.04 Å². The van der Waals surface area contributed by atoms with Gasteiger partial charge in [-0.15, -0.1) is 0 Å². The maximum Gasteiger partial charge on any atom is 0.328 e. The molecule has 0 fully saturated rings. The first-order valence-corrected chi connectivity index (χ1v) is 7.43. The number of carboxylic acids is 1. The Labute approximate surface area is 142 Å². The Morgan fingerprint density at radius 3 is 2.64 bits per heavy atom. The molecule has 1 aromatic heterocycles. The summed E-state index contributed by atoms with van der Waals surface area (Å²) in [5.41, 5.74) is 0.640. The van der Waals surface area contributed by atoms with E-state index < -0.39 is 18.6 Å². The van der Waals surface area contributed by atoms with Gasteiger partial charge in [-0.3, -0.25) is 0 Å². The zero-order valence-electron chi connectivity index (χ0n) is 13.0. The van der Waals surface area contributed by atoms with Gasteiger partial charge in [-0.25, -0.2) is 4.79 Å². The van der Waals surface area contributed by atoms with Crippen molar-refractivity contribution in [1.29, 1.82) is 0 Å². The number of hydrogen-bond donors (Lipinski definition) is 3. The lowest BCUT2D eigenvalue weighted by Crippen LogP contribution is -2.32. The number of hydrogen-bond acceptors (Lipinski definition) is 7. The van der Waals surface area contributed by atoms with Gasteiger partial charge in [0.25, 0.3) is 0 Å². The number of anilines is 1. The number of aromatic nitrogens is 2. The van der Waals surface area contributed by atoms with E-state index in [4.69, 9.17) is 19.5 Å². The summed E-state index contributed by atoms with van der Waals surface area (Å²) in [5.74, 6) is 0.341. The normalized spacial score (nSPS) is 11.7. The Hall–Kier alpha value is -3.39. The lowest BCUT2D eigenvalue weighted by Gasteiger charge is -2.07. The highest BCUT2D eigenvalue weighted by atomic mass is 16.5. The first kappa shape index (κ1) is 16.5. The zero-order chi connectivity index (χ0) is 17.6. The average molecular weight is 341 g/mol. The van der Waals surface area contributed by atoms with E-state index in [1.807, 2.05) is 30.3 Å². The Morgan fingerprint density at radius 2 is 1.92 bits per heavy atom. The molecule has 0 unspecified atom stereocenters. The molecule has 25 heavy (non-hydrogen) atoms. The fourth-order valence-electron chi connectivity index (χ4n) is 2.06. The van der Waals surface area contributed by atoms with E-state index in [2.05, 4.69) is 15.5 Å². The highest BCUT2D eigenvalue weighted by molar-refractivity contribution is 5.76. The van der Waals surface area contributed by atoms with Crippen LogP contribution < -0.4 is 10.1 Å². The molecule has 0 saturated carbocycles. The largest absolute Gasteiger partial charge is 0.480 e. The van der Waals surface area contributed by atoms with Crippen LogP contribution in [0.4, 0.5) is 6.01 Å². The monoisotopic (exact) mass is 341 g/mol. The molecule has 128 valence electrons. The van der Waals surface area contributed by atoms with Crippen LogP contribution in [0, 0.1) is 0 Å². The summed E-state index contributed by atoms with van der Waals surface area (Å²) in [4.78, 5) is 15.0. The van der Waals surface area contributed by atoms with Crippen LogP contribution >= 0.6 is 0 Å². The van der Waals surface area contributed by atoms with Crippen LogP contribution in [0.3, 0.4) is 0 Å². The van der Waals surface area contributed by atoms with Gasteiger partial charge in [-0.1, -0.05) is 35.5 Å². The van der Waals surface area contributed by atoms with Crippen LogP contribution in [0.1, 0.15) is 0 Å². The fraction of sp³-hybridized carbons (Fsp3) is 0.118. The molecule has 1 heterocycles. The number of aliphatic hydroxyl groups excluding tert-OH is 1. The maximum atomic E-state index is 10.9. The zero-order valence-corrected chi connectivity index (χ0v) is 13.0. The third kappa shape index (κ3) is 4.12. The minimum Gasteiger partial charge on any atom is -0.480 e. The number of carbonyl (C=O) groups is 1. The molecule has 0 saturated heterocycles. The summed E-state index contributed by atoms with van der Waals surface area (Å²) in [7, 11) is 0. The molecule has 0 aliphatic rings. The van der Waals surface area contributed by atoms with Crippen molar-refractivity contribution in [3.05, 3.63) is 54.6 Å². The molecule has 8 heteroatoms. The van der Waals surface area contributed by atoms with Crippen molar-refractivity contribution in [3.63, 3.8) is 0 Å². The summed E-state index contributed by atoms with van der Waals surface area (Å²) < 4.78 is 10.7. The second kappa shape index (κ2) is 7.45. The molecule has 0 amide bonds. The van der Waals surface area contributed by atoms with Crippen molar-refractivity contribution in [2.24, 2.45) is 0 Å². The molecule has 0 spiro atoms. The predicted octanol–water partition coefficient (Wildman–Crippen LogP) is 2.39. The van der Waals surface area contributed by atoms with Gasteiger partial charge in [0, 0.05) is 5.56 Å². The number of para-hydroxylation sites is 1. The van der Waals surface area contributed by atoms with Crippen LogP contribution in [0.25, 0.3) is 11.4 Å². The lowest BCUT2D eigenvalue weighted by atomic mass is 10.2. The Bertz CT molecular complexity index is 850. The van der Waals surface area contributed by atoms with E-state index in [1.165, 1.54) is 0 Å². The van der Waals surface area contributed by atoms with Gasteiger partial charge < -0.3 is 24.8 Å². The third-order valence-electron chi connectivity index (χ3n) is 3.28. The number of nitrogens with one attached hydrogen (secondary N) is 1. The summed E-state index contributed by atoms with van der Waals surface area (Å²) in [6.07, 6.45) is 0. The van der Waals surface area contributed by atoms with Gasteiger partial charge in [-0.2, -0.15) is 4.98 Å². The van der Waals surface area contributed by atoms with Crippen molar-refractivity contribution in [3.8, 4) is 22.9 Å². The van der Waals surface area contributed by atoms with Crippen LogP contribution in [0.5, 0.6) is 11.5 Å². The Balaban J connectivity index is 1.76. The summed E-state index contributed by atoms with van der Waals surface area (Å²) in [6, 6.07) is 15.1. The van der Waals surface area contributed by atoms with Crippen molar-refractivity contribution < 1.29 is 24.3 Å². The van der Waals surface area contributed by atoms with E-state index in [1.54, 1.807) is 24.3 Å². The van der Waals surface area contributed by atoms with E-state index in [0.29, 0.717) is 17.1 Å². The van der Waals surface area contributed by atoms with Crippen molar-refractivity contribution in [1.82, 2.24) is 10.1 Å². The predicted molar refractivity (Wildman–Crippen MR) is 88.4 cm³/mol. The molecule has 8 nitrogen and oxygen atoms in total. The van der Waals surface area contributed by atoms with Crippen LogP contribution in [-0.2, 0) is 4.79 Å². The van der Waals surface area contributed by atoms with Crippen LogP contribution in [0.2, 0.25) is 0 Å². The smallest absolute Gasteiger partial charge is 0.328 e. The number of ether oxygens (including phenoxy) is 1. The van der Waals surface area contributed by atoms with Gasteiger partial charge in [0.1, 0.15) is 11.5 Å². The van der Waals surface area contributed by atoms with Gasteiger partial charge in [0.05, 0.1) is 6.61 Å². The topological polar surface area (TPSA) is 118 Å². The molecule has 0 aliphatic carbocycles. The van der Waals surface area contributed by atoms with Gasteiger partial charge in [-0.05, 0) is 24.3 Å². The second-order valence-electron chi connectivity index (χ2n) is 5.08. The molecular weight excluding hydrogens is 326 g/mol. The standard InChI is InChI=1S/C17H15N3O5/c21-10-14(16(22)23)18-17-19-15(20-25-17)11-5-4-8-13(9-11)24-12-6-2-1-3-7-12/h1-9,14,21H,10H2,(H,22,23)(H,18,19,20)/t14-/m0/s1. The molecular formula is C17H15N3O5. The van der Waals surface area contributed by atoms with Crippen molar-refractivity contribution >= 4 is 12.0 Å². The highest BCUT2D eigenvalue weighted by Crippen LogP contribution is 2.26. The first-order valence-electron chi connectivity index (χ1n) is 7.43. The summed E-state index contributed by atoms with van der Waals surface area (Å²) in [6.45, 7) is -0.604. The first-order chi connectivity index (χ1) is 12.2. The quantitative estimate of drug-likeness (QED) is 0.599. The Morgan fingerprint density at radius 1 is 1.16 bits per heavy atom. The number of nitrogens with zero attached hydrogens (tertiary/aromatic N) is 2. The van der Waals surface area contributed by atoms with Gasteiger partial charge in [0.15, 0.2) is 6.04 Å². The molecule has 0 bridgehead atoms. The lowest BCUT2D eigenvalue weighted by molar-refractivity contribution is -0.138. The number of aliphatic carboxylic acids is 1. The fourth-order valence-corrected chi connectivity index (χ4v) is 2.06. The van der Waals surface area contributed by atoms with E-state index >= 15 is 0 Å². The molecule has 3 N–H and O–H groups in total. The van der Waals surface area contributed by atoms with E-state index in [9.17, 15) is 4.79 Å². The van der Waals surface area contributed by atoms with Gasteiger partial charge in [0.2, 0.25) is 5.82 Å². The number of rotatable bonds is 7. The van der Waals surface area contributed by atoms with Crippen LogP contribution in [-0.4, -0.2) is 39.0 Å². The number of aliphatic hydroxyl groups is 1. The summed E-state index contributed by atoms with van der Waals surface area (Å²) >= 11 is 0. The van der Waals surface area contributed by atoms with Crippen molar-refractivity contribution in [2.75, 3.05) is 11.9 Å². The Kier molecular flexibility index (Phi) is 4.91. The van der Waals surface area contributed by atoms with E-state index in [-0.39, 0.29) is 11.8 Å². The molecule has 0 radical (unpaired) electrons. The number of benzene rings is 2. The molecule has 1 atom stereocenters. The summed E-state index contributed by atoms with van der Waals surface area (Å²) in [5, 5.41) is 24.2.